The number of alkyl halides is 3. The Bertz CT molecular complexity index is 1080. The van der Waals surface area contributed by atoms with Crippen molar-refractivity contribution in [1.29, 1.82) is 0 Å². The van der Waals surface area contributed by atoms with Crippen LogP contribution in [0.25, 0.3) is 11.5 Å². The van der Waals surface area contributed by atoms with E-state index in [1.54, 1.807) is 0 Å². The first-order chi connectivity index (χ1) is 13.7. The fourth-order valence-electron chi connectivity index (χ4n) is 3.23. The van der Waals surface area contributed by atoms with Crippen LogP contribution in [0.2, 0.25) is 0 Å². The topological polar surface area (TPSA) is 76.3 Å². The summed E-state index contributed by atoms with van der Waals surface area (Å²) < 4.78 is 71.0. The Morgan fingerprint density at radius 3 is 2.55 bits per heavy atom. The maximum atomic E-state index is 12.9. The van der Waals surface area contributed by atoms with Gasteiger partial charge in [0.1, 0.15) is 0 Å². The van der Waals surface area contributed by atoms with Gasteiger partial charge >= 0.3 is 6.18 Å². The molecule has 0 aliphatic carbocycles. The van der Waals surface area contributed by atoms with Gasteiger partial charge in [-0.3, -0.25) is 0 Å². The Kier molecular flexibility index (Phi) is 5.21. The predicted octanol–water partition coefficient (Wildman–Crippen LogP) is 4.39. The molecule has 3 aromatic rings. The third-order valence-electron chi connectivity index (χ3n) is 4.76. The molecule has 11 heteroatoms. The molecular formula is C18H16F3N3O3S2. The molecule has 3 heterocycles. The molecule has 154 valence electrons. The van der Waals surface area contributed by atoms with Crippen LogP contribution >= 0.6 is 11.3 Å². The lowest BCUT2D eigenvalue weighted by Crippen LogP contribution is -2.39. The molecule has 1 aromatic carbocycles. The summed E-state index contributed by atoms with van der Waals surface area (Å²) in [5, 5.41) is 11.9. The monoisotopic (exact) mass is 443 g/mol. The number of halogens is 3. The summed E-state index contributed by atoms with van der Waals surface area (Å²) in [4.78, 5) is -0.171. The van der Waals surface area contributed by atoms with Crippen LogP contribution in [0.1, 0.15) is 30.2 Å². The van der Waals surface area contributed by atoms with Gasteiger partial charge in [0.05, 0.1) is 16.4 Å². The molecule has 2 aromatic heterocycles. The van der Waals surface area contributed by atoms with Gasteiger partial charge in [-0.15, -0.1) is 10.2 Å². The molecule has 1 atom stereocenters. The quantitative estimate of drug-likeness (QED) is 0.598. The van der Waals surface area contributed by atoms with Gasteiger partial charge in [0.25, 0.3) is 0 Å². The number of hydrogen-bond donors (Lipinski definition) is 0. The molecule has 1 fully saturated rings. The lowest BCUT2D eigenvalue weighted by Gasteiger charge is -2.30. The van der Waals surface area contributed by atoms with E-state index in [2.05, 4.69) is 10.2 Å². The fourth-order valence-corrected chi connectivity index (χ4v) is 5.38. The summed E-state index contributed by atoms with van der Waals surface area (Å²) in [6.45, 7) is 0.417. The third kappa shape index (κ3) is 4.07. The molecule has 0 amide bonds. The normalized spacial score (nSPS) is 18.8. The van der Waals surface area contributed by atoms with E-state index in [-0.39, 0.29) is 23.9 Å². The van der Waals surface area contributed by atoms with Gasteiger partial charge in [0.2, 0.25) is 21.8 Å². The van der Waals surface area contributed by atoms with Crippen molar-refractivity contribution in [3.05, 3.63) is 52.5 Å². The summed E-state index contributed by atoms with van der Waals surface area (Å²) in [6, 6.07) is 5.38. The lowest BCUT2D eigenvalue weighted by molar-refractivity contribution is -0.137. The van der Waals surface area contributed by atoms with Crippen LogP contribution in [0.3, 0.4) is 0 Å². The van der Waals surface area contributed by atoms with Gasteiger partial charge < -0.3 is 4.42 Å². The Balaban J connectivity index is 1.53. The first-order valence-corrected chi connectivity index (χ1v) is 11.2. The number of hydrogen-bond acceptors (Lipinski definition) is 6. The molecule has 4 rings (SSSR count). The number of piperidine rings is 1. The molecule has 0 bridgehead atoms. The van der Waals surface area contributed by atoms with Gasteiger partial charge in [0, 0.05) is 24.0 Å². The highest BCUT2D eigenvalue weighted by Crippen LogP contribution is 2.33. The number of benzene rings is 1. The minimum Gasteiger partial charge on any atom is -0.420 e. The molecule has 1 unspecified atom stereocenters. The summed E-state index contributed by atoms with van der Waals surface area (Å²) in [5.41, 5.74) is -0.0846. The van der Waals surface area contributed by atoms with E-state index in [1.165, 1.54) is 15.6 Å². The van der Waals surface area contributed by atoms with Crippen molar-refractivity contribution in [1.82, 2.24) is 14.5 Å². The molecular weight excluding hydrogens is 427 g/mol. The van der Waals surface area contributed by atoms with Crippen molar-refractivity contribution in [3.63, 3.8) is 0 Å². The number of nitrogens with zero attached hydrogens (tertiary/aromatic N) is 3. The average molecular weight is 443 g/mol. The number of thiophene rings is 1. The largest absolute Gasteiger partial charge is 0.420 e. The first kappa shape index (κ1) is 20.0. The molecule has 0 radical (unpaired) electrons. The smallest absolute Gasteiger partial charge is 0.416 e. The van der Waals surface area contributed by atoms with Crippen molar-refractivity contribution < 1.29 is 26.0 Å². The molecule has 1 aliphatic heterocycles. The summed E-state index contributed by atoms with van der Waals surface area (Å²) >= 11 is 1.50. The molecule has 1 aliphatic rings. The van der Waals surface area contributed by atoms with E-state index in [1.807, 2.05) is 16.8 Å². The third-order valence-corrected chi connectivity index (χ3v) is 7.32. The standard InChI is InChI=1S/C18H16F3N3O3S2/c19-18(20,21)14-3-5-15(6-4-14)29(25,26)24-8-1-2-12(10-24)16-22-23-17(27-16)13-7-9-28-11-13/h3-7,9,11-12H,1-2,8,10H2. The minimum absolute atomic E-state index is 0.134. The SMILES string of the molecule is O=S(=O)(c1ccc(C(F)(F)F)cc1)N1CCCC(c2nnc(-c3ccsc3)o2)C1. The van der Waals surface area contributed by atoms with E-state index in [4.69, 9.17) is 4.42 Å². The summed E-state index contributed by atoms with van der Waals surface area (Å²) in [7, 11) is -3.92. The lowest BCUT2D eigenvalue weighted by atomic mass is 10.00. The highest BCUT2D eigenvalue weighted by molar-refractivity contribution is 7.89. The highest BCUT2D eigenvalue weighted by atomic mass is 32.2. The van der Waals surface area contributed by atoms with Gasteiger partial charge in [-0.2, -0.15) is 28.8 Å². The Labute approximate surface area is 169 Å². The van der Waals surface area contributed by atoms with Gasteiger partial charge in [-0.25, -0.2) is 8.42 Å². The second-order valence-corrected chi connectivity index (χ2v) is 9.40. The molecule has 29 heavy (non-hydrogen) atoms. The fraction of sp³-hybridized carbons (Fsp3) is 0.333. The number of sulfonamides is 1. The van der Waals surface area contributed by atoms with E-state index >= 15 is 0 Å². The van der Waals surface area contributed by atoms with Crippen LogP contribution in [0.4, 0.5) is 13.2 Å². The van der Waals surface area contributed by atoms with E-state index in [0.29, 0.717) is 24.6 Å². The first-order valence-electron chi connectivity index (χ1n) is 8.78. The van der Waals surface area contributed by atoms with Crippen molar-refractivity contribution >= 4 is 21.4 Å². The second kappa shape index (κ2) is 7.54. The number of rotatable bonds is 4. The highest BCUT2D eigenvalue weighted by Gasteiger charge is 2.35. The van der Waals surface area contributed by atoms with E-state index in [9.17, 15) is 21.6 Å². The van der Waals surface area contributed by atoms with Crippen molar-refractivity contribution in [2.75, 3.05) is 13.1 Å². The van der Waals surface area contributed by atoms with Gasteiger partial charge in [0.15, 0.2) is 0 Å². The molecule has 6 nitrogen and oxygen atoms in total. The van der Waals surface area contributed by atoms with Crippen LogP contribution in [-0.4, -0.2) is 36.0 Å². The maximum Gasteiger partial charge on any atom is 0.416 e. The van der Waals surface area contributed by atoms with Crippen LogP contribution < -0.4 is 0 Å². The average Bonchev–Trinajstić information content (AvgIpc) is 3.39. The Hall–Kier alpha value is -2.24. The molecule has 1 saturated heterocycles. The van der Waals surface area contributed by atoms with Crippen LogP contribution in [-0.2, 0) is 16.2 Å². The van der Waals surface area contributed by atoms with Gasteiger partial charge in [-0.05, 0) is 48.6 Å². The zero-order chi connectivity index (χ0) is 20.6. The molecule has 0 saturated carbocycles. The minimum atomic E-state index is -4.52. The van der Waals surface area contributed by atoms with Gasteiger partial charge in [-0.1, -0.05) is 0 Å². The Morgan fingerprint density at radius 1 is 1.14 bits per heavy atom. The molecule has 0 spiro atoms. The zero-order valence-corrected chi connectivity index (χ0v) is 16.6. The van der Waals surface area contributed by atoms with Crippen LogP contribution in [0, 0.1) is 0 Å². The van der Waals surface area contributed by atoms with Crippen molar-refractivity contribution in [2.24, 2.45) is 0 Å². The van der Waals surface area contributed by atoms with Crippen molar-refractivity contribution in [3.8, 4) is 11.5 Å². The predicted molar refractivity (Wildman–Crippen MR) is 99.8 cm³/mol. The maximum absolute atomic E-state index is 12.9. The number of aromatic nitrogens is 2. The van der Waals surface area contributed by atoms with E-state index < -0.39 is 21.8 Å². The summed E-state index contributed by atoms with van der Waals surface area (Å²) in [6.07, 6.45) is -3.25. The zero-order valence-electron chi connectivity index (χ0n) is 15.0. The van der Waals surface area contributed by atoms with E-state index in [0.717, 1.165) is 29.8 Å². The second-order valence-electron chi connectivity index (χ2n) is 6.68. The molecule has 0 N–H and O–H groups in total. The Morgan fingerprint density at radius 2 is 1.90 bits per heavy atom. The van der Waals surface area contributed by atoms with Crippen molar-refractivity contribution in [2.45, 2.75) is 29.8 Å². The van der Waals surface area contributed by atoms with Crippen LogP contribution in [0.5, 0.6) is 0 Å². The summed E-state index contributed by atoms with van der Waals surface area (Å²) in [5.74, 6) is 0.468. The van der Waals surface area contributed by atoms with Crippen LogP contribution in [0.15, 0.2) is 50.4 Å².